The van der Waals surface area contributed by atoms with Crippen LogP contribution in [0.2, 0.25) is 0 Å². The Balaban J connectivity index is 1.61. The molecule has 3 amide bonds. The first-order valence-electron chi connectivity index (χ1n) is 10.2. The van der Waals surface area contributed by atoms with Gasteiger partial charge in [0.1, 0.15) is 11.5 Å². The number of hydrogen-bond donors (Lipinski definition) is 3. The number of nitrogens with one attached hydrogen (secondary N) is 3. The number of amides is 3. The molecule has 3 N–H and O–H groups in total. The predicted molar refractivity (Wildman–Crippen MR) is 124 cm³/mol. The molecule has 0 aliphatic heterocycles. The number of rotatable bonds is 8. The van der Waals surface area contributed by atoms with Crippen molar-refractivity contribution in [3.05, 3.63) is 89.5 Å². The fourth-order valence-electron chi connectivity index (χ4n) is 3.13. The zero-order chi connectivity index (χ0) is 23.6. The highest BCUT2D eigenvalue weighted by Crippen LogP contribution is 2.19. The zero-order valence-corrected chi connectivity index (χ0v) is 18.4. The second-order valence-corrected chi connectivity index (χ2v) is 7.03. The Kier molecular flexibility index (Phi) is 8.02. The molecule has 0 bridgehead atoms. The van der Waals surface area contributed by atoms with Crippen molar-refractivity contribution in [3.8, 4) is 11.5 Å². The van der Waals surface area contributed by atoms with E-state index in [1.165, 1.54) is 0 Å². The average Bonchev–Trinajstić information content (AvgIpc) is 2.86. The van der Waals surface area contributed by atoms with Gasteiger partial charge in [0.15, 0.2) is 0 Å². The molecule has 0 aromatic heterocycles. The van der Waals surface area contributed by atoms with Gasteiger partial charge in [-0.05, 0) is 35.9 Å². The van der Waals surface area contributed by atoms with E-state index in [-0.39, 0.29) is 24.3 Å². The molecule has 0 heterocycles. The number of ether oxygens (including phenoxy) is 2. The van der Waals surface area contributed by atoms with Gasteiger partial charge in [-0.15, -0.1) is 0 Å². The summed E-state index contributed by atoms with van der Waals surface area (Å²) in [6.45, 7) is 0.399. The molecular formula is C25H25N3O5. The van der Waals surface area contributed by atoms with Gasteiger partial charge >= 0.3 is 11.8 Å². The van der Waals surface area contributed by atoms with Crippen LogP contribution in [0.15, 0.2) is 72.8 Å². The van der Waals surface area contributed by atoms with Gasteiger partial charge < -0.3 is 25.4 Å². The van der Waals surface area contributed by atoms with Crippen LogP contribution in [0.5, 0.6) is 11.5 Å². The predicted octanol–water partition coefficient (Wildman–Crippen LogP) is 2.89. The lowest BCUT2D eigenvalue weighted by Gasteiger charge is -2.13. The molecule has 0 unspecified atom stereocenters. The Bertz CT molecular complexity index is 1150. The largest absolute Gasteiger partial charge is 0.497 e. The van der Waals surface area contributed by atoms with Crippen molar-refractivity contribution in [2.45, 2.75) is 13.1 Å². The van der Waals surface area contributed by atoms with Crippen molar-refractivity contribution in [3.63, 3.8) is 0 Å². The van der Waals surface area contributed by atoms with Crippen molar-refractivity contribution in [2.24, 2.45) is 0 Å². The number of benzene rings is 3. The van der Waals surface area contributed by atoms with Crippen molar-refractivity contribution in [1.82, 2.24) is 10.6 Å². The first kappa shape index (κ1) is 23.3. The molecule has 3 aromatic carbocycles. The number of carbonyl (C=O) groups is 3. The SMILES string of the molecule is COc1cccc(CNC(=O)C(=O)Nc2ccccc2C(=O)NCc2ccccc2OC)c1. The topological polar surface area (TPSA) is 106 Å². The van der Waals surface area contributed by atoms with Gasteiger partial charge in [-0.25, -0.2) is 0 Å². The number of anilines is 1. The minimum absolute atomic E-state index is 0.157. The van der Waals surface area contributed by atoms with Crippen LogP contribution >= 0.6 is 0 Å². The summed E-state index contributed by atoms with van der Waals surface area (Å²) in [4.78, 5) is 37.4. The summed E-state index contributed by atoms with van der Waals surface area (Å²) in [6, 6.07) is 21.0. The molecule has 0 radical (unpaired) electrons. The highest BCUT2D eigenvalue weighted by molar-refractivity contribution is 6.40. The zero-order valence-electron chi connectivity index (χ0n) is 18.4. The maximum atomic E-state index is 12.7. The summed E-state index contributed by atoms with van der Waals surface area (Å²) in [5.41, 5.74) is 2.07. The molecule has 3 rings (SSSR count). The van der Waals surface area contributed by atoms with Crippen LogP contribution in [0.1, 0.15) is 21.5 Å². The van der Waals surface area contributed by atoms with E-state index in [1.807, 2.05) is 24.3 Å². The van der Waals surface area contributed by atoms with Crippen molar-refractivity contribution in [1.29, 1.82) is 0 Å². The van der Waals surface area contributed by atoms with Gasteiger partial charge in [-0.3, -0.25) is 14.4 Å². The van der Waals surface area contributed by atoms with E-state index in [2.05, 4.69) is 16.0 Å². The summed E-state index contributed by atoms with van der Waals surface area (Å²) < 4.78 is 10.4. The molecule has 3 aromatic rings. The van der Waals surface area contributed by atoms with E-state index in [0.717, 1.165) is 11.1 Å². The first-order valence-corrected chi connectivity index (χ1v) is 10.2. The Morgan fingerprint density at radius 2 is 1.52 bits per heavy atom. The molecule has 0 spiro atoms. The molecule has 0 aliphatic rings. The molecule has 170 valence electrons. The van der Waals surface area contributed by atoms with Gasteiger partial charge in [0.25, 0.3) is 5.91 Å². The third-order valence-corrected chi connectivity index (χ3v) is 4.85. The van der Waals surface area contributed by atoms with E-state index in [0.29, 0.717) is 11.5 Å². The van der Waals surface area contributed by atoms with Crippen LogP contribution in [0, 0.1) is 0 Å². The van der Waals surface area contributed by atoms with E-state index in [9.17, 15) is 14.4 Å². The number of carbonyl (C=O) groups excluding carboxylic acids is 3. The summed E-state index contributed by atoms with van der Waals surface area (Å²) in [6.07, 6.45) is 0. The van der Waals surface area contributed by atoms with E-state index >= 15 is 0 Å². The van der Waals surface area contributed by atoms with Crippen LogP contribution in [0.4, 0.5) is 5.69 Å². The standard InChI is InChI=1S/C25H25N3O5/c1-32-19-10-7-8-17(14-19)15-26-24(30)25(31)28-21-12-5-4-11-20(21)23(29)27-16-18-9-3-6-13-22(18)33-2/h3-14H,15-16H2,1-2H3,(H,26,30)(H,27,29)(H,28,31). The smallest absolute Gasteiger partial charge is 0.313 e. The minimum Gasteiger partial charge on any atom is -0.497 e. The lowest BCUT2D eigenvalue weighted by molar-refractivity contribution is -0.136. The lowest BCUT2D eigenvalue weighted by atomic mass is 10.1. The quantitative estimate of drug-likeness (QED) is 0.461. The van der Waals surface area contributed by atoms with Crippen LogP contribution < -0.4 is 25.4 Å². The van der Waals surface area contributed by atoms with Gasteiger partial charge in [-0.2, -0.15) is 0 Å². The Hall–Kier alpha value is -4.33. The Labute approximate surface area is 191 Å². The number of para-hydroxylation sites is 2. The second kappa shape index (κ2) is 11.3. The Morgan fingerprint density at radius 1 is 0.758 bits per heavy atom. The molecule has 0 aliphatic carbocycles. The molecule has 8 heteroatoms. The van der Waals surface area contributed by atoms with Gasteiger partial charge in [0, 0.05) is 18.7 Å². The van der Waals surface area contributed by atoms with Crippen LogP contribution in [0.25, 0.3) is 0 Å². The van der Waals surface area contributed by atoms with E-state index in [4.69, 9.17) is 9.47 Å². The second-order valence-electron chi connectivity index (χ2n) is 7.03. The molecule has 8 nitrogen and oxygen atoms in total. The molecule has 0 fully saturated rings. The fourth-order valence-corrected chi connectivity index (χ4v) is 3.13. The first-order chi connectivity index (χ1) is 16.0. The third kappa shape index (κ3) is 6.33. The molecule has 0 saturated heterocycles. The third-order valence-electron chi connectivity index (χ3n) is 4.85. The van der Waals surface area contributed by atoms with Crippen LogP contribution in [-0.4, -0.2) is 31.9 Å². The van der Waals surface area contributed by atoms with Crippen molar-refractivity contribution < 1.29 is 23.9 Å². The van der Waals surface area contributed by atoms with Crippen molar-refractivity contribution in [2.75, 3.05) is 19.5 Å². The number of methoxy groups -OCH3 is 2. The summed E-state index contributed by atoms with van der Waals surface area (Å²) in [5.74, 6) is -0.773. The summed E-state index contributed by atoms with van der Waals surface area (Å²) >= 11 is 0. The lowest BCUT2D eigenvalue weighted by Crippen LogP contribution is -2.35. The monoisotopic (exact) mass is 447 g/mol. The van der Waals surface area contributed by atoms with Crippen LogP contribution in [0.3, 0.4) is 0 Å². The highest BCUT2D eigenvalue weighted by Gasteiger charge is 2.18. The van der Waals surface area contributed by atoms with Crippen LogP contribution in [-0.2, 0) is 22.7 Å². The number of hydrogen-bond acceptors (Lipinski definition) is 5. The van der Waals surface area contributed by atoms with E-state index < -0.39 is 17.7 Å². The molecular weight excluding hydrogens is 422 g/mol. The van der Waals surface area contributed by atoms with Gasteiger partial charge in [0.05, 0.1) is 25.5 Å². The minimum atomic E-state index is -0.872. The molecule has 0 saturated carbocycles. The van der Waals surface area contributed by atoms with Gasteiger partial charge in [-0.1, -0.05) is 42.5 Å². The fraction of sp³-hybridized carbons (Fsp3) is 0.160. The van der Waals surface area contributed by atoms with E-state index in [1.54, 1.807) is 62.8 Å². The normalized spacial score (nSPS) is 10.1. The maximum absolute atomic E-state index is 12.7. The molecule has 0 atom stereocenters. The average molecular weight is 447 g/mol. The summed E-state index contributed by atoms with van der Waals surface area (Å²) in [7, 11) is 3.11. The molecule has 33 heavy (non-hydrogen) atoms. The maximum Gasteiger partial charge on any atom is 0.313 e. The summed E-state index contributed by atoms with van der Waals surface area (Å²) in [5, 5.41) is 7.87. The van der Waals surface area contributed by atoms with Crippen molar-refractivity contribution >= 4 is 23.4 Å². The Morgan fingerprint density at radius 3 is 2.30 bits per heavy atom. The highest BCUT2D eigenvalue weighted by atomic mass is 16.5. The van der Waals surface area contributed by atoms with Gasteiger partial charge in [0.2, 0.25) is 0 Å².